The van der Waals surface area contributed by atoms with Crippen LogP contribution < -0.4 is 15.8 Å². The zero-order valence-electron chi connectivity index (χ0n) is 10.7. The lowest BCUT2D eigenvalue weighted by molar-refractivity contribution is -0.118. The van der Waals surface area contributed by atoms with E-state index in [0.717, 1.165) is 10.2 Å². The number of amides is 1. The standard InChI is InChI=1S/C14H14BrN3O2/c15-10-2-1-3-11(6-10)18-14(19)9-20-13-5-4-12(7-16)17-8-13/h1-6,8H,7,9,16H2,(H,18,19). The number of nitrogens with two attached hydrogens (primary N) is 1. The van der Waals surface area contributed by atoms with Gasteiger partial charge in [-0.3, -0.25) is 9.78 Å². The van der Waals surface area contributed by atoms with Crippen LogP contribution in [0.15, 0.2) is 47.1 Å². The second-order valence-corrected chi connectivity index (χ2v) is 4.95. The van der Waals surface area contributed by atoms with Gasteiger partial charge in [0.2, 0.25) is 0 Å². The van der Waals surface area contributed by atoms with Crippen molar-refractivity contribution in [2.45, 2.75) is 6.54 Å². The molecule has 0 atom stereocenters. The van der Waals surface area contributed by atoms with Crippen LogP contribution in [-0.2, 0) is 11.3 Å². The summed E-state index contributed by atoms with van der Waals surface area (Å²) in [5, 5.41) is 2.74. The molecule has 0 spiro atoms. The SMILES string of the molecule is NCc1ccc(OCC(=O)Nc2cccc(Br)c2)cn1. The molecule has 0 unspecified atom stereocenters. The molecule has 20 heavy (non-hydrogen) atoms. The number of rotatable bonds is 5. The summed E-state index contributed by atoms with van der Waals surface area (Å²) in [4.78, 5) is 15.8. The maximum absolute atomic E-state index is 11.7. The van der Waals surface area contributed by atoms with Crippen molar-refractivity contribution in [2.75, 3.05) is 11.9 Å². The number of aromatic nitrogens is 1. The van der Waals surface area contributed by atoms with E-state index in [1.165, 1.54) is 0 Å². The van der Waals surface area contributed by atoms with Crippen LogP contribution in [-0.4, -0.2) is 17.5 Å². The minimum Gasteiger partial charge on any atom is -0.482 e. The topological polar surface area (TPSA) is 77.2 Å². The molecule has 1 aromatic heterocycles. The smallest absolute Gasteiger partial charge is 0.262 e. The van der Waals surface area contributed by atoms with Gasteiger partial charge in [-0.05, 0) is 30.3 Å². The molecule has 1 aromatic carbocycles. The number of nitrogens with one attached hydrogen (secondary N) is 1. The molecule has 1 amide bonds. The van der Waals surface area contributed by atoms with Gasteiger partial charge in [0.15, 0.2) is 6.61 Å². The molecule has 0 saturated carbocycles. The van der Waals surface area contributed by atoms with Gasteiger partial charge in [0, 0.05) is 16.7 Å². The predicted octanol–water partition coefficient (Wildman–Crippen LogP) is 2.32. The predicted molar refractivity (Wildman–Crippen MR) is 80.4 cm³/mol. The third-order valence-corrected chi connectivity index (χ3v) is 2.98. The van der Waals surface area contributed by atoms with E-state index >= 15 is 0 Å². The zero-order valence-corrected chi connectivity index (χ0v) is 12.3. The highest BCUT2D eigenvalue weighted by molar-refractivity contribution is 9.10. The molecule has 0 aliphatic carbocycles. The van der Waals surface area contributed by atoms with Crippen molar-refractivity contribution in [3.8, 4) is 5.75 Å². The lowest BCUT2D eigenvalue weighted by Gasteiger charge is -2.08. The number of hydrogen-bond donors (Lipinski definition) is 2. The molecule has 0 fully saturated rings. The fourth-order valence-electron chi connectivity index (χ4n) is 1.53. The van der Waals surface area contributed by atoms with Gasteiger partial charge < -0.3 is 15.8 Å². The maximum Gasteiger partial charge on any atom is 0.262 e. The fourth-order valence-corrected chi connectivity index (χ4v) is 1.93. The first-order valence-electron chi connectivity index (χ1n) is 6.00. The minimum atomic E-state index is -0.231. The molecule has 0 aliphatic heterocycles. The second kappa shape index (κ2) is 7.02. The van der Waals surface area contributed by atoms with Crippen molar-refractivity contribution in [3.05, 3.63) is 52.8 Å². The van der Waals surface area contributed by atoms with Gasteiger partial charge >= 0.3 is 0 Å². The molecule has 0 aliphatic rings. The van der Waals surface area contributed by atoms with Crippen LogP contribution >= 0.6 is 15.9 Å². The number of hydrogen-bond acceptors (Lipinski definition) is 4. The van der Waals surface area contributed by atoms with Gasteiger partial charge in [-0.1, -0.05) is 22.0 Å². The first kappa shape index (κ1) is 14.5. The second-order valence-electron chi connectivity index (χ2n) is 4.04. The molecule has 0 saturated heterocycles. The van der Waals surface area contributed by atoms with Crippen molar-refractivity contribution in [2.24, 2.45) is 5.73 Å². The van der Waals surface area contributed by atoms with Gasteiger partial charge in [0.05, 0.1) is 11.9 Å². The third kappa shape index (κ3) is 4.32. The maximum atomic E-state index is 11.7. The van der Waals surface area contributed by atoms with Crippen LogP contribution in [0.1, 0.15) is 5.69 Å². The summed E-state index contributed by atoms with van der Waals surface area (Å²) in [7, 11) is 0. The molecule has 0 bridgehead atoms. The number of pyridine rings is 1. The number of carbonyl (C=O) groups is 1. The Hall–Kier alpha value is -1.92. The molecule has 2 rings (SSSR count). The molecule has 5 nitrogen and oxygen atoms in total. The normalized spacial score (nSPS) is 10.1. The van der Waals surface area contributed by atoms with Crippen LogP contribution in [0.3, 0.4) is 0 Å². The van der Waals surface area contributed by atoms with E-state index in [9.17, 15) is 4.79 Å². The summed E-state index contributed by atoms with van der Waals surface area (Å²) in [5.41, 5.74) is 6.94. The zero-order chi connectivity index (χ0) is 14.4. The molecule has 3 N–H and O–H groups in total. The van der Waals surface area contributed by atoms with E-state index in [-0.39, 0.29) is 12.5 Å². The van der Waals surface area contributed by atoms with Crippen LogP contribution in [0.4, 0.5) is 5.69 Å². The van der Waals surface area contributed by atoms with Gasteiger partial charge in [-0.25, -0.2) is 0 Å². The highest BCUT2D eigenvalue weighted by Crippen LogP contribution is 2.15. The van der Waals surface area contributed by atoms with Crippen molar-refractivity contribution >= 4 is 27.5 Å². The lowest BCUT2D eigenvalue weighted by Crippen LogP contribution is -2.20. The summed E-state index contributed by atoms with van der Waals surface area (Å²) in [5.74, 6) is 0.303. The summed E-state index contributed by atoms with van der Waals surface area (Å²) < 4.78 is 6.24. The Morgan fingerprint density at radius 2 is 2.20 bits per heavy atom. The van der Waals surface area contributed by atoms with Gasteiger partial charge in [-0.2, -0.15) is 0 Å². The number of carbonyl (C=O) groups excluding carboxylic acids is 1. The van der Waals surface area contributed by atoms with Crippen LogP contribution in [0.2, 0.25) is 0 Å². The molecule has 1 heterocycles. The first-order valence-corrected chi connectivity index (χ1v) is 6.80. The Balaban J connectivity index is 1.85. The number of anilines is 1. The van der Waals surface area contributed by atoms with Crippen molar-refractivity contribution in [1.82, 2.24) is 4.98 Å². The molecule has 2 aromatic rings. The average Bonchev–Trinajstić information content (AvgIpc) is 2.46. The Kier molecular flexibility index (Phi) is 5.09. The highest BCUT2D eigenvalue weighted by Gasteiger charge is 2.04. The molecular weight excluding hydrogens is 322 g/mol. The van der Waals surface area contributed by atoms with Gasteiger partial charge in [-0.15, -0.1) is 0 Å². The average molecular weight is 336 g/mol. The Morgan fingerprint density at radius 3 is 2.85 bits per heavy atom. The number of benzene rings is 1. The quantitative estimate of drug-likeness (QED) is 0.878. The van der Waals surface area contributed by atoms with E-state index in [2.05, 4.69) is 26.2 Å². The summed E-state index contributed by atoms with van der Waals surface area (Å²) in [6.45, 7) is 0.305. The largest absolute Gasteiger partial charge is 0.482 e. The Morgan fingerprint density at radius 1 is 1.35 bits per heavy atom. The van der Waals surface area contributed by atoms with E-state index < -0.39 is 0 Å². The monoisotopic (exact) mass is 335 g/mol. The summed E-state index contributed by atoms with van der Waals surface area (Å²) in [6, 6.07) is 10.9. The van der Waals surface area contributed by atoms with Gasteiger partial charge in [0.25, 0.3) is 5.91 Å². The van der Waals surface area contributed by atoms with Crippen molar-refractivity contribution < 1.29 is 9.53 Å². The lowest BCUT2D eigenvalue weighted by atomic mass is 10.3. The Bertz CT molecular complexity index is 587. The number of ether oxygens (including phenoxy) is 1. The molecule has 6 heteroatoms. The third-order valence-electron chi connectivity index (χ3n) is 2.49. The molecule has 104 valence electrons. The van der Waals surface area contributed by atoms with Gasteiger partial charge in [0.1, 0.15) is 5.75 Å². The number of halogens is 1. The van der Waals surface area contributed by atoms with E-state index in [0.29, 0.717) is 18.0 Å². The molecule has 0 radical (unpaired) electrons. The summed E-state index contributed by atoms with van der Waals surface area (Å²) in [6.07, 6.45) is 1.55. The minimum absolute atomic E-state index is 0.0732. The first-order chi connectivity index (χ1) is 9.67. The Labute approximate surface area is 125 Å². The van der Waals surface area contributed by atoms with Crippen molar-refractivity contribution in [1.29, 1.82) is 0 Å². The molecular formula is C14H14BrN3O2. The van der Waals surface area contributed by atoms with Crippen LogP contribution in [0.5, 0.6) is 5.75 Å². The van der Waals surface area contributed by atoms with Crippen LogP contribution in [0.25, 0.3) is 0 Å². The van der Waals surface area contributed by atoms with Crippen molar-refractivity contribution in [3.63, 3.8) is 0 Å². The summed E-state index contributed by atoms with van der Waals surface area (Å²) >= 11 is 3.34. The highest BCUT2D eigenvalue weighted by atomic mass is 79.9. The number of nitrogens with zero attached hydrogens (tertiary/aromatic N) is 1. The van der Waals surface area contributed by atoms with E-state index in [1.807, 2.05) is 18.2 Å². The van der Waals surface area contributed by atoms with Crippen LogP contribution in [0, 0.1) is 0 Å². The van der Waals surface area contributed by atoms with E-state index in [4.69, 9.17) is 10.5 Å². The fraction of sp³-hybridized carbons (Fsp3) is 0.143. The van der Waals surface area contributed by atoms with E-state index in [1.54, 1.807) is 24.4 Å².